The first-order valence-electron chi connectivity index (χ1n) is 6.60. The lowest BCUT2D eigenvalue weighted by atomic mass is 10.2. The first kappa shape index (κ1) is 11.8. The maximum atomic E-state index is 5.56. The minimum absolute atomic E-state index is 0.698. The van der Waals surface area contributed by atoms with Gasteiger partial charge in [-0.3, -0.25) is 0 Å². The van der Waals surface area contributed by atoms with Crippen molar-refractivity contribution in [1.82, 2.24) is 4.57 Å². The van der Waals surface area contributed by atoms with Crippen molar-refractivity contribution in [2.75, 3.05) is 6.61 Å². The summed E-state index contributed by atoms with van der Waals surface area (Å²) in [4.78, 5) is 0. The van der Waals surface area contributed by atoms with Gasteiger partial charge in [-0.2, -0.15) is 0 Å². The fourth-order valence-electron chi connectivity index (χ4n) is 2.51. The molecule has 0 unspecified atom stereocenters. The van der Waals surface area contributed by atoms with Gasteiger partial charge in [0.1, 0.15) is 5.75 Å². The van der Waals surface area contributed by atoms with Gasteiger partial charge < -0.3 is 9.30 Å². The molecular weight excluding hydrogens is 234 g/mol. The van der Waals surface area contributed by atoms with E-state index in [2.05, 4.69) is 54.0 Å². The van der Waals surface area contributed by atoms with Crippen LogP contribution in [0.1, 0.15) is 12.6 Å². The second-order valence-electron chi connectivity index (χ2n) is 4.61. The fourth-order valence-corrected chi connectivity index (χ4v) is 2.51. The number of rotatable bonds is 3. The van der Waals surface area contributed by atoms with Gasteiger partial charge >= 0.3 is 0 Å². The van der Waals surface area contributed by atoms with Crippen LogP contribution in [0.25, 0.3) is 16.6 Å². The van der Waals surface area contributed by atoms with Gasteiger partial charge in [-0.05, 0) is 50.2 Å². The molecule has 0 fully saturated rings. The molecule has 0 bridgehead atoms. The number of ether oxygens (including phenoxy) is 1. The summed E-state index contributed by atoms with van der Waals surface area (Å²) in [6.07, 6.45) is 0. The van der Waals surface area contributed by atoms with E-state index in [0.29, 0.717) is 6.61 Å². The number of hydrogen-bond acceptors (Lipinski definition) is 1. The molecule has 2 aromatic carbocycles. The van der Waals surface area contributed by atoms with E-state index in [0.717, 1.165) is 5.75 Å². The zero-order chi connectivity index (χ0) is 13.2. The Labute approximate surface area is 113 Å². The minimum atomic E-state index is 0.698. The molecule has 0 aliphatic carbocycles. The van der Waals surface area contributed by atoms with Crippen LogP contribution in [0.5, 0.6) is 5.75 Å². The Bertz CT molecular complexity index is 698. The van der Waals surface area contributed by atoms with Crippen LogP contribution < -0.4 is 4.74 Å². The van der Waals surface area contributed by atoms with E-state index in [1.165, 1.54) is 22.3 Å². The van der Waals surface area contributed by atoms with Crippen LogP contribution in [0.4, 0.5) is 0 Å². The number of aromatic nitrogens is 1. The number of nitrogens with zero attached hydrogens (tertiary/aromatic N) is 1. The Morgan fingerprint density at radius 3 is 2.53 bits per heavy atom. The summed E-state index contributed by atoms with van der Waals surface area (Å²) in [5, 5.41) is 1.22. The first-order chi connectivity index (χ1) is 9.29. The van der Waals surface area contributed by atoms with Crippen LogP contribution in [0.2, 0.25) is 0 Å². The molecule has 0 aliphatic rings. The second-order valence-corrected chi connectivity index (χ2v) is 4.61. The van der Waals surface area contributed by atoms with E-state index in [4.69, 9.17) is 4.74 Å². The molecule has 0 saturated carbocycles. The SMILES string of the molecule is CCOc1ccc2c(c1)cc(C)n2-c1ccccc1. The average Bonchev–Trinajstić information content (AvgIpc) is 2.75. The minimum Gasteiger partial charge on any atom is -0.494 e. The Balaban J connectivity index is 2.18. The number of aryl methyl sites for hydroxylation is 1. The highest BCUT2D eigenvalue weighted by molar-refractivity contribution is 5.84. The molecule has 0 spiro atoms. The molecule has 0 aliphatic heterocycles. The van der Waals surface area contributed by atoms with Gasteiger partial charge in [-0.1, -0.05) is 18.2 Å². The Morgan fingerprint density at radius 1 is 1.00 bits per heavy atom. The van der Waals surface area contributed by atoms with Gasteiger partial charge in [0.25, 0.3) is 0 Å². The maximum Gasteiger partial charge on any atom is 0.120 e. The summed E-state index contributed by atoms with van der Waals surface area (Å²) in [6, 6.07) is 18.9. The predicted octanol–water partition coefficient (Wildman–Crippen LogP) is 4.34. The number of para-hydroxylation sites is 1. The summed E-state index contributed by atoms with van der Waals surface area (Å²) in [6.45, 7) is 4.84. The van der Waals surface area contributed by atoms with E-state index >= 15 is 0 Å². The number of benzene rings is 2. The van der Waals surface area contributed by atoms with E-state index in [-0.39, 0.29) is 0 Å². The van der Waals surface area contributed by atoms with Gasteiger partial charge in [0.05, 0.1) is 12.1 Å². The van der Waals surface area contributed by atoms with Gasteiger partial charge in [0.15, 0.2) is 0 Å². The van der Waals surface area contributed by atoms with Crippen LogP contribution in [0.15, 0.2) is 54.6 Å². The number of fused-ring (bicyclic) bond motifs is 1. The van der Waals surface area contributed by atoms with E-state index in [9.17, 15) is 0 Å². The van der Waals surface area contributed by atoms with Crippen molar-refractivity contribution in [1.29, 1.82) is 0 Å². The average molecular weight is 251 g/mol. The Hall–Kier alpha value is -2.22. The van der Waals surface area contributed by atoms with Crippen LogP contribution in [0.3, 0.4) is 0 Å². The molecule has 1 heterocycles. The summed E-state index contributed by atoms with van der Waals surface area (Å²) in [5.74, 6) is 0.931. The molecule has 19 heavy (non-hydrogen) atoms. The predicted molar refractivity (Wildman–Crippen MR) is 79.2 cm³/mol. The second kappa shape index (κ2) is 4.81. The van der Waals surface area contributed by atoms with E-state index < -0.39 is 0 Å². The quantitative estimate of drug-likeness (QED) is 0.675. The van der Waals surface area contributed by atoms with Gasteiger partial charge in [0, 0.05) is 16.8 Å². The van der Waals surface area contributed by atoms with Crippen molar-refractivity contribution in [2.24, 2.45) is 0 Å². The molecule has 2 nitrogen and oxygen atoms in total. The zero-order valence-electron chi connectivity index (χ0n) is 11.3. The van der Waals surface area contributed by atoms with Crippen LogP contribution >= 0.6 is 0 Å². The third-order valence-electron chi connectivity index (χ3n) is 3.28. The summed E-state index contributed by atoms with van der Waals surface area (Å²) in [7, 11) is 0. The van der Waals surface area contributed by atoms with Crippen molar-refractivity contribution in [3.63, 3.8) is 0 Å². The third-order valence-corrected chi connectivity index (χ3v) is 3.28. The molecule has 0 atom stereocenters. The standard InChI is InChI=1S/C17H17NO/c1-3-19-16-9-10-17-14(12-16)11-13(2)18(17)15-7-5-4-6-8-15/h4-12H,3H2,1-2H3. The Morgan fingerprint density at radius 2 is 1.79 bits per heavy atom. The van der Waals surface area contributed by atoms with Gasteiger partial charge in [0.2, 0.25) is 0 Å². The normalized spacial score (nSPS) is 10.8. The van der Waals surface area contributed by atoms with Gasteiger partial charge in [-0.25, -0.2) is 0 Å². The highest BCUT2D eigenvalue weighted by Crippen LogP contribution is 2.27. The molecule has 96 valence electrons. The van der Waals surface area contributed by atoms with Gasteiger partial charge in [-0.15, -0.1) is 0 Å². The monoisotopic (exact) mass is 251 g/mol. The maximum absolute atomic E-state index is 5.56. The van der Waals surface area contributed by atoms with Crippen molar-refractivity contribution in [2.45, 2.75) is 13.8 Å². The molecule has 2 heteroatoms. The molecule has 1 aromatic heterocycles. The topological polar surface area (TPSA) is 14.2 Å². The molecule has 0 amide bonds. The number of hydrogen-bond donors (Lipinski definition) is 0. The lowest BCUT2D eigenvalue weighted by Crippen LogP contribution is -1.95. The highest BCUT2D eigenvalue weighted by atomic mass is 16.5. The molecular formula is C17H17NO. The fraction of sp³-hybridized carbons (Fsp3) is 0.176. The van der Waals surface area contributed by atoms with E-state index in [1.54, 1.807) is 0 Å². The largest absolute Gasteiger partial charge is 0.494 e. The third kappa shape index (κ3) is 2.10. The summed E-state index contributed by atoms with van der Waals surface area (Å²) >= 11 is 0. The molecule has 3 rings (SSSR count). The van der Waals surface area contributed by atoms with Crippen LogP contribution in [-0.4, -0.2) is 11.2 Å². The Kier molecular flexibility index (Phi) is 3.00. The van der Waals surface area contributed by atoms with Crippen molar-refractivity contribution in [3.8, 4) is 11.4 Å². The van der Waals surface area contributed by atoms with Crippen LogP contribution in [-0.2, 0) is 0 Å². The highest BCUT2D eigenvalue weighted by Gasteiger charge is 2.08. The smallest absolute Gasteiger partial charge is 0.120 e. The molecule has 0 N–H and O–H groups in total. The lowest BCUT2D eigenvalue weighted by Gasteiger charge is -2.08. The summed E-state index contributed by atoms with van der Waals surface area (Å²) in [5.41, 5.74) is 3.64. The zero-order valence-corrected chi connectivity index (χ0v) is 11.3. The van der Waals surface area contributed by atoms with Crippen molar-refractivity contribution >= 4 is 10.9 Å². The lowest BCUT2D eigenvalue weighted by molar-refractivity contribution is 0.340. The molecule has 3 aromatic rings. The first-order valence-corrected chi connectivity index (χ1v) is 6.60. The molecule has 0 saturated heterocycles. The molecule has 0 radical (unpaired) electrons. The van der Waals surface area contributed by atoms with Crippen LogP contribution in [0, 0.1) is 6.92 Å². The van der Waals surface area contributed by atoms with Crippen molar-refractivity contribution in [3.05, 3.63) is 60.3 Å². The van der Waals surface area contributed by atoms with Crippen molar-refractivity contribution < 1.29 is 4.74 Å². The summed E-state index contributed by atoms with van der Waals surface area (Å²) < 4.78 is 7.83. The van der Waals surface area contributed by atoms with E-state index in [1.807, 2.05) is 19.1 Å².